The van der Waals surface area contributed by atoms with Gasteiger partial charge in [-0.25, -0.2) is 15.0 Å². The highest BCUT2D eigenvalue weighted by molar-refractivity contribution is 7.99. The van der Waals surface area contributed by atoms with Crippen LogP contribution in [0.2, 0.25) is 0 Å². The van der Waals surface area contributed by atoms with Crippen LogP contribution in [-0.2, 0) is 0 Å². The highest BCUT2D eigenvalue weighted by Crippen LogP contribution is 2.40. The summed E-state index contributed by atoms with van der Waals surface area (Å²) in [6, 6.07) is 4.27. The molecule has 3 N–H and O–H groups in total. The first-order valence-corrected chi connectivity index (χ1v) is 8.15. The molecule has 3 rings (SSSR count). The van der Waals surface area contributed by atoms with Gasteiger partial charge in [-0.2, -0.15) is 0 Å². The van der Waals surface area contributed by atoms with Crippen LogP contribution in [0.15, 0.2) is 35.2 Å². The lowest BCUT2D eigenvalue weighted by atomic mass is 10.1. The monoisotopic (exact) mass is 305 g/mol. The van der Waals surface area contributed by atoms with E-state index in [1.54, 1.807) is 35.8 Å². The van der Waals surface area contributed by atoms with Gasteiger partial charge in [0.05, 0.1) is 11.6 Å². The topological polar surface area (TPSA) is 80.5 Å². The van der Waals surface area contributed by atoms with E-state index in [4.69, 9.17) is 5.73 Å². The van der Waals surface area contributed by atoms with Crippen LogP contribution in [0, 0.1) is 0 Å². The van der Waals surface area contributed by atoms with E-state index in [0.717, 1.165) is 17.0 Å². The molecule has 2 atom stereocenters. The normalized spacial score (nSPS) is 14.5. The summed E-state index contributed by atoms with van der Waals surface area (Å²) < 4.78 is 0. The first kappa shape index (κ1) is 13.5. The van der Waals surface area contributed by atoms with Crippen LogP contribution >= 0.6 is 23.1 Å². The van der Waals surface area contributed by atoms with Crippen molar-refractivity contribution in [3.05, 3.63) is 35.0 Å². The molecule has 3 heterocycles. The highest BCUT2D eigenvalue weighted by Gasteiger charge is 2.23. The summed E-state index contributed by atoms with van der Waals surface area (Å²) in [5.41, 5.74) is 7.86. The van der Waals surface area contributed by atoms with Crippen molar-refractivity contribution in [2.24, 2.45) is 5.73 Å². The lowest BCUT2D eigenvalue weighted by molar-refractivity contribution is 0.639. The van der Waals surface area contributed by atoms with Gasteiger partial charge in [-0.1, -0.05) is 24.8 Å². The summed E-state index contributed by atoms with van der Waals surface area (Å²) in [7, 11) is 0. The number of imidazole rings is 1. The smallest absolute Gasteiger partial charge is 0.181 e. The maximum atomic E-state index is 6.29. The number of aromatic amines is 1. The Bertz CT molecular complexity index is 679. The second-order valence-electron chi connectivity index (χ2n) is 4.41. The third kappa shape index (κ3) is 2.56. The number of nitrogens with zero attached hydrogens (tertiary/aromatic N) is 3. The number of thiophene rings is 1. The SMILES string of the molecule is CCC(N)C(Sc1ncnc2nc[nH]c12)c1cccs1. The van der Waals surface area contributed by atoms with Crippen LogP contribution in [0.5, 0.6) is 0 Å². The average molecular weight is 305 g/mol. The van der Waals surface area contributed by atoms with Crippen molar-refractivity contribution in [3.63, 3.8) is 0 Å². The summed E-state index contributed by atoms with van der Waals surface area (Å²) in [5.74, 6) is 0. The molecular weight excluding hydrogens is 290 g/mol. The molecule has 0 bridgehead atoms. The summed E-state index contributed by atoms with van der Waals surface area (Å²) >= 11 is 3.41. The summed E-state index contributed by atoms with van der Waals surface area (Å²) in [5, 5.41) is 3.17. The molecule has 0 aromatic carbocycles. The number of hydrogen-bond acceptors (Lipinski definition) is 6. The predicted molar refractivity (Wildman–Crippen MR) is 82.9 cm³/mol. The number of rotatable bonds is 5. The molecule has 3 aromatic heterocycles. The number of fused-ring (bicyclic) bond motifs is 1. The molecule has 20 heavy (non-hydrogen) atoms. The zero-order valence-electron chi connectivity index (χ0n) is 11.0. The Kier molecular flexibility index (Phi) is 4.00. The van der Waals surface area contributed by atoms with Gasteiger partial charge in [0.1, 0.15) is 16.9 Å². The Morgan fingerprint density at radius 2 is 2.30 bits per heavy atom. The molecule has 0 aliphatic rings. The predicted octanol–water partition coefficient (Wildman–Crippen LogP) is 2.99. The molecule has 104 valence electrons. The number of nitrogens with one attached hydrogen (secondary N) is 1. The van der Waals surface area contributed by atoms with Crippen molar-refractivity contribution in [3.8, 4) is 0 Å². The summed E-state index contributed by atoms with van der Waals surface area (Å²) in [6.07, 6.45) is 4.12. The number of H-pyrrole nitrogens is 1. The van der Waals surface area contributed by atoms with E-state index in [1.165, 1.54) is 4.88 Å². The van der Waals surface area contributed by atoms with E-state index in [9.17, 15) is 0 Å². The average Bonchev–Trinajstić information content (AvgIpc) is 3.14. The van der Waals surface area contributed by atoms with Crippen LogP contribution in [0.4, 0.5) is 0 Å². The Labute approximate surface area is 125 Å². The molecule has 0 aliphatic carbocycles. The first-order chi connectivity index (χ1) is 9.79. The van der Waals surface area contributed by atoms with Gasteiger partial charge in [-0.15, -0.1) is 11.3 Å². The van der Waals surface area contributed by atoms with Crippen LogP contribution in [0.1, 0.15) is 23.5 Å². The number of hydrogen-bond donors (Lipinski definition) is 2. The third-order valence-corrected chi connectivity index (χ3v) is 5.61. The molecule has 0 saturated heterocycles. The minimum atomic E-state index is 0.0894. The van der Waals surface area contributed by atoms with Crippen LogP contribution in [0.3, 0.4) is 0 Å². The molecule has 0 radical (unpaired) electrons. The van der Waals surface area contributed by atoms with Crippen LogP contribution < -0.4 is 5.73 Å². The zero-order valence-corrected chi connectivity index (χ0v) is 12.6. The van der Waals surface area contributed by atoms with Gasteiger partial charge < -0.3 is 10.7 Å². The van der Waals surface area contributed by atoms with E-state index < -0.39 is 0 Å². The van der Waals surface area contributed by atoms with Crippen molar-refractivity contribution in [1.29, 1.82) is 0 Å². The largest absolute Gasteiger partial charge is 0.341 e. The van der Waals surface area contributed by atoms with Crippen molar-refractivity contribution >= 4 is 34.3 Å². The van der Waals surface area contributed by atoms with Crippen molar-refractivity contribution in [2.45, 2.75) is 29.7 Å². The standard InChI is InChI=1S/C13H15N5S2/c1-2-8(14)11(9-4-3-5-19-9)20-13-10-12(16-6-15-10)17-7-18-13/h3-8,11H,2,14H2,1H3,(H,15,16,17,18). The highest BCUT2D eigenvalue weighted by atomic mass is 32.2. The van der Waals surface area contributed by atoms with Crippen molar-refractivity contribution in [1.82, 2.24) is 19.9 Å². The zero-order chi connectivity index (χ0) is 13.9. The van der Waals surface area contributed by atoms with Crippen molar-refractivity contribution < 1.29 is 0 Å². The van der Waals surface area contributed by atoms with Gasteiger partial charge in [0.25, 0.3) is 0 Å². The minimum absolute atomic E-state index is 0.0894. The quantitative estimate of drug-likeness (QED) is 0.559. The van der Waals surface area contributed by atoms with E-state index in [1.807, 2.05) is 0 Å². The molecule has 0 amide bonds. The van der Waals surface area contributed by atoms with Gasteiger partial charge in [-0.05, 0) is 17.9 Å². The van der Waals surface area contributed by atoms with E-state index in [-0.39, 0.29) is 11.3 Å². The molecular formula is C13H15N5S2. The molecule has 2 unspecified atom stereocenters. The second-order valence-corrected chi connectivity index (χ2v) is 6.52. The summed E-state index contributed by atoms with van der Waals surface area (Å²) in [6.45, 7) is 2.11. The lowest BCUT2D eigenvalue weighted by Gasteiger charge is -2.20. The van der Waals surface area contributed by atoms with Crippen molar-refractivity contribution in [2.75, 3.05) is 0 Å². The molecule has 0 spiro atoms. The molecule has 0 saturated carbocycles. The Morgan fingerprint density at radius 3 is 3.05 bits per heavy atom. The third-order valence-electron chi connectivity index (χ3n) is 3.11. The van der Waals surface area contributed by atoms with Crippen LogP contribution in [0.25, 0.3) is 11.2 Å². The molecule has 5 nitrogen and oxygen atoms in total. The number of thioether (sulfide) groups is 1. The van der Waals surface area contributed by atoms with Crippen LogP contribution in [-0.4, -0.2) is 26.0 Å². The molecule has 3 aromatic rings. The molecule has 7 heteroatoms. The Hall–Kier alpha value is -1.44. The lowest BCUT2D eigenvalue weighted by Crippen LogP contribution is -2.25. The first-order valence-electron chi connectivity index (χ1n) is 6.39. The fourth-order valence-electron chi connectivity index (χ4n) is 1.98. The van der Waals surface area contributed by atoms with Gasteiger partial charge in [0, 0.05) is 10.9 Å². The summed E-state index contributed by atoms with van der Waals surface area (Å²) in [4.78, 5) is 17.1. The van der Waals surface area contributed by atoms with E-state index >= 15 is 0 Å². The molecule has 0 aliphatic heterocycles. The minimum Gasteiger partial charge on any atom is -0.341 e. The molecule has 0 fully saturated rings. The maximum absolute atomic E-state index is 6.29. The fraction of sp³-hybridized carbons (Fsp3) is 0.308. The maximum Gasteiger partial charge on any atom is 0.181 e. The Morgan fingerprint density at radius 1 is 1.40 bits per heavy atom. The fourth-order valence-corrected chi connectivity index (χ4v) is 4.25. The van der Waals surface area contributed by atoms with Gasteiger partial charge >= 0.3 is 0 Å². The van der Waals surface area contributed by atoms with E-state index in [0.29, 0.717) is 5.65 Å². The van der Waals surface area contributed by atoms with Gasteiger partial charge in [-0.3, -0.25) is 0 Å². The van der Waals surface area contributed by atoms with Gasteiger partial charge in [0.15, 0.2) is 5.65 Å². The van der Waals surface area contributed by atoms with Gasteiger partial charge in [0.2, 0.25) is 0 Å². The Balaban J connectivity index is 1.95. The number of aromatic nitrogens is 4. The van der Waals surface area contributed by atoms with E-state index in [2.05, 4.69) is 44.4 Å². The number of nitrogens with two attached hydrogens (primary N) is 1. The second kappa shape index (κ2) is 5.90.